The summed E-state index contributed by atoms with van der Waals surface area (Å²) in [5.41, 5.74) is 0.525. The highest BCUT2D eigenvalue weighted by atomic mass is 35.5. The number of nitrogens with zero attached hydrogens (tertiary/aromatic N) is 4. The lowest BCUT2D eigenvalue weighted by atomic mass is 9.98. The minimum atomic E-state index is -1.25. The molecule has 5 rings (SSSR count). The predicted octanol–water partition coefficient (Wildman–Crippen LogP) is 4.26. The first-order chi connectivity index (χ1) is 20.4. The van der Waals surface area contributed by atoms with Gasteiger partial charge in [-0.1, -0.05) is 35.0 Å². The summed E-state index contributed by atoms with van der Waals surface area (Å²) in [7, 11) is 0. The number of hydrogen-bond donors (Lipinski definition) is 2. The Morgan fingerprint density at radius 3 is 2.51 bits per heavy atom. The van der Waals surface area contributed by atoms with Crippen molar-refractivity contribution in [3.63, 3.8) is 0 Å². The van der Waals surface area contributed by atoms with E-state index in [9.17, 15) is 19.2 Å². The molecule has 0 spiro atoms. The molecule has 3 aromatic rings. The highest BCUT2D eigenvalue weighted by Gasteiger charge is 2.47. The molecule has 0 aliphatic carbocycles. The average Bonchev–Trinajstić information content (AvgIpc) is 3.60. The van der Waals surface area contributed by atoms with Gasteiger partial charge in [0.25, 0.3) is 0 Å². The first-order valence-corrected chi connectivity index (χ1v) is 14.0. The molecule has 1 fully saturated rings. The van der Waals surface area contributed by atoms with Crippen LogP contribution in [0, 0.1) is 0 Å². The molecule has 12 nitrogen and oxygen atoms in total. The van der Waals surface area contributed by atoms with E-state index < -0.39 is 41.9 Å². The Kier molecular flexibility index (Phi) is 8.23. The van der Waals surface area contributed by atoms with Gasteiger partial charge < -0.3 is 24.6 Å². The number of hydrogen-bond acceptors (Lipinski definition) is 8. The summed E-state index contributed by atoms with van der Waals surface area (Å²) < 4.78 is 11.9. The quantitative estimate of drug-likeness (QED) is 0.298. The van der Waals surface area contributed by atoms with Gasteiger partial charge in [-0.25, -0.2) is 4.79 Å². The summed E-state index contributed by atoms with van der Waals surface area (Å²) in [6.07, 6.45) is 0.781. The predicted molar refractivity (Wildman–Crippen MR) is 155 cm³/mol. The standard InChI is InChI=1S/C30H30ClN5O7/c1-30(2,3)42-23-14-18(21(37)15-25(39)40)6-9-20(23)28-34-26(17-4-7-19(31)8-5-17)27(22-10-11-33-43-22)36(28)29(41)35-13-12-32-24(38)16-35/h4-11,14,26-27H,12-13,15-16H2,1-3H3,(H,32,38)(H,39,40)/t26-,27+/m0/s1. The molecule has 1 aromatic heterocycles. The summed E-state index contributed by atoms with van der Waals surface area (Å²) in [5, 5.41) is 16.3. The summed E-state index contributed by atoms with van der Waals surface area (Å²) in [5.74, 6) is -1.34. The van der Waals surface area contributed by atoms with Crippen molar-refractivity contribution >= 4 is 41.1 Å². The Hall–Kier alpha value is -4.71. The summed E-state index contributed by atoms with van der Waals surface area (Å²) in [6, 6.07) is 11.3. The number of aromatic nitrogens is 1. The van der Waals surface area contributed by atoms with Gasteiger partial charge in [0.1, 0.15) is 42.2 Å². The molecular weight excluding hydrogens is 578 g/mol. The Labute approximate surface area is 252 Å². The molecule has 3 amide bonds. The molecule has 2 aromatic carbocycles. The van der Waals surface area contributed by atoms with Gasteiger partial charge in [-0.05, 0) is 50.6 Å². The maximum atomic E-state index is 14.3. The largest absolute Gasteiger partial charge is 0.487 e. The second kappa shape index (κ2) is 11.9. The third-order valence-corrected chi connectivity index (χ3v) is 7.07. The van der Waals surface area contributed by atoms with E-state index in [2.05, 4.69) is 10.5 Å². The van der Waals surface area contributed by atoms with Gasteiger partial charge in [0.2, 0.25) is 5.91 Å². The zero-order chi connectivity index (χ0) is 30.9. The Balaban J connectivity index is 1.69. The first kappa shape index (κ1) is 29.8. The second-order valence-corrected chi connectivity index (χ2v) is 11.6. The maximum Gasteiger partial charge on any atom is 0.326 e. The Morgan fingerprint density at radius 1 is 1.14 bits per heavy atom. The number of halogens is 1. The number of aliphatic carboxylic acids is 1. The number of carbonyl (C=O) groups is 4. The number of amidine groups is 1. The SMILES string of the molecule is CC(C)(C)Oc1cc(C(=O)CC(=O)O)ccc1C1=N[C@@H](c2ccc(Cl)cc2)[C@@H](c2ccno2)N1C(=O)N1CCNC(=O)C1. The number of carbonyl (C=O) groups excluding carboxylic acids is 3. The molecule has 0 bridgehead atoms. The van der Waals surface area contributed by atoms with Crippen LogP contribution < -0.4 is 10.1 Å². The normalized spacial score (nSPS) is 18.7. The van der Waals surface area contributed by atoms with Gasteiger partial charge in [0.15, 0.2) is 11.5 Å². The van der Waals surface area contributed by atoms with E-state index in [0.717, 1.165) is 5.56 Å². The third kappa shape index (κ3) is 6.54. The van der Waals surface area contributed by atoms with Crippen molar-refractivity contribution in [2.75, 3.05) is 19.6 Å². The smallest absolute Gasteiger partial charge is 0.326 e. The molecule has 3 heterocycles. The van der Waals surface area contributed by atoms with Crippen molar-refractivity contribution in [1.82, 2.24) is 20.3 Å². The van der Waals surface area contributed by atoms with Crippen LogP contribution in [0.2, 0.25) is 5.02 Å². The van der Waals surface area contributed by atoms with Crippen LogP contribution in [0.25, 0.3) is 0 Å². The molecule has 13 heteroatoms. The van der Waals surface area contributed by atoms with Gasteiger partial charge in [-0.15, -0.1) is 0 Å². The van der Waals surface area contributed by atoms with E-state index in [0.29, 0.717) is 16.3 Å². The third-order valence-electron chi connectivity index (χ3n) is 6.81. The number of Topliss-reactive ketones (excluding diaryl/α,β-unsaturated/α-hetero) is 1. The van der Waals surface area contributed by atoms with E-state index in [4.69, 9.17) is 31.0 Å². The Morgan fingerprint density at radius 2 is 1.88 bits per heavy atom. The number of urea groups is 1. The maximum absolute atomic E-state index is 14.3. The van der Waals surface area contributed by atoms with Gasteiger partial charge in [-0.3, -0.25) is 24.3 Å². The molecule has 2 aliphatic rings. The van der Waals surface area contributed by atoms with Crippen molar-refractivity contribution in [3.8, 4) is 5.75 Å². The lowest BCUT2D eigenvalue weighted by Gasteiger charge is -2.35. The zero-order valence-electron chi connectivity index (χ0n) is 23.7. The van der Waals surface area contributed by atoms with Crippen molar-refractivity contribution in [2.45, 2.75) is 44.9 Å². The van der Waals surface area contributed by atoms with Crippen molar-refractivity contribution in [2.24, 2.45) is 4.99 Å². The van der Waals surface area contributed by atoms with Crippen LogP contribution >= 0.6 is 11.6 Å². The number of rotatable bonds is 7. The molecule has 2 atom stereocenters. The van der Waals surface area contributed by atoms with Crippen LogP contribution in [0.3, 0.4) is 0 Å². The molecule has 0 radical (unpaired) electrons. The van der Waals surface area contributed by atoms with Crippen molar-refractivity contribution in [3.05, 3.63) is 82.2 Å². The first-order valence-electron chi connectivity index (χ1n) is 13.6. The van der Waals surface area contributed by atoms with Crippen LogP contribution in [-0.4, -0.2) is 74.8 Å². The summed E-state index contributed by atoms with van der Waals surface area (Å²) in [4.78, 5) is 58.4. The van der Waals surface area contributed by atoms with Gasteiger partial charge in [0.05, 0.1) is 11.8 Å². The lowest BCUT2D eigenvalue weighted by molar-refractivity contribution is -0.136. The molecule has 0 saturated carbocycles. The monoisotopic (exact) mass is 607 g/mol. The van der Waals surface area contributed by atoms with Gasteiger partial charge in [-0.2, -0.15) is 0 Å². The molecule has 224 valence electrons. The highest BCUT2D eigenvalue weighted by Crippen LogP contribution is 2.45. The minimum Gasteiger partial charge on any atom is -0.487 e. The van der Waals surface area contributed by atoms with Crippen LogP contribution in [0.1, 0.15) is 66.5 Å². The molecule has 2 aliphatic heterocycles. The number of carboxylic acid groups (broad SMARTS) is 1. The fraction of sp³-hybridized carbons (Fsp3) is 0.333. The number of piperazine rings is 1. The zero-order valence-corrected chi connectivity index (χ0v) is 24.5. The summed E-state index contributed by atoms with van der Waals surface area (Å²) in [6.45, 7) is 5.88. The van der Waals surface area contributed by atoms with Crippen LogP contribution in [0.15, 0.2) is 64.2 Å². The highest BCUT2D eigenvalue weighted by molar-refractivity contribution is 6.30. The van der Waals surface area contributed by atoms with E-state index in [-0.39, 0.29) is 42.7 Å². The van der Waals surface area contributed by atoms with Crippen LogP contribution in [-0.2, 0) is 9.59 Å². The summed E-state index contributed by atoms with van der Waals surface area (Å²) >= 11 is 6.17. The topological polar surface area (TPSA) is 155 Å². The van der Waals surface area contributed by atoms with E-state index in [1.165, 1.54) is 28.1 Å². The molecule has 1 saturated heterocycles. The fourth-order valence-corrected chi connectivity index (χ4v) is 5.14. The minimum absolute atomic E-state index is 0.135. The van der Waals surface area contributed by atoms with Gasteiger partial charge in [0, 0.05) is 29.7 Å². The van der Waals surface area contributed by atoms with E-state index in [1.807, 2.05) is 20.8 Å². The Bertz CT molecular complexity index is 1580. The van der Waals surface area contributed by atoms with Gasteiger partial charge >= 0.3 is 12.0 Å². The molecule has 43 heavy (non-hydrogen) atoms. The van der Waals surface area contributed by atoms with Crippen LogP contribution in [0.4, 0.5) is 4.79 Å². The van der Waals surface area contributed by atoms with Crippen molar-refractivity contribution < 1.29 is 33.5 Å². The second-order valence-electron chi connectivity index (χ2n) is 11.2. The fourth-order valence-electron chi connectivity index (χ4n) is 5.01. The number of nitrogens with one attached hydrogen (secondary N) is 1. The van der Waals surface area contributed by atoms with Crippen LogP contribution in [0.5, 0.6) is 5.75 Å². The number of ketones is 1. The van der Waals surface area contributed by atoms with E-state index >= 15 is 0 Å². The molecular formula is C30H30ClN5O7. The number of aliphatic imine (C=N–C) groups is 1. The number of ether oxygens (including phenoxy) is 1. The molecule has 2 N–H and O–H groups in total. The lowest BCUT2D eigenvalue weighted by Crippen LogP contribution is -2.55. The number of amides is 3. The number of carboxylic acids is 1. The number of benzene rings is 2. The van der Waals surface area contributed by atoms with E-state index in [1.54, 1.807) is 36.4 Å². The van der Waals surface area contributed by atoms with Crippen molar-refractivity contribution in [1.29, 1.82) is 0 Å². The average molecular weight is 608 g/mol. The molecule has 0 unspecified atom stereocenters.